The van der Waals surface area contributed by atoms with Crippen LogP contribution >= 0.6 is 11.3 Å². The summed E-state index contributed by atoms with van der Waals surface area (Å²) in [6.45, 7) is 2.43. The Morgan fingerprint density at radius 1 is 1.14 bits per heavy atom. The number of anilines is 1. The maximum Gasteiger partial charge on any atom is 0.264 e. The smallest absolute Gasteiger partial charge is 0.264 e. The number of amides is 2. The first-order chi connectivity index (χ1) is 13.5. The number of rotatable bonds is 4. The summed E-state index contributed by atoms with van der Waals surface area (Å²) >= 11 is 1.44. The van der Waals surface area contributed by atoms with E-state index in [1.54, 1.807) is 7.05 Å². The Labute approximate surface area is 167 Å². The average Bonchev–Trinajstić information content (AvgIpc) is 3.14. The molecule has 3 aromatic rings. The molecular weight excluding hydrogens is 372 g/mol. The lowest BCUT2D eigenvalue weighted by Crippen LogP contribution is -2.34. The van der Waals surface area contributed by atoms with E-state index in [0.717, 1.165) is 33.0 Å². The van der Waals surface area contributed by atoms with E-state index in [0.29, 0.717) is 11.5 Å². The molecule has 1 aliphatic rings. The van der Waals surface area contributed by atoms with Gasteiger partial charge in [-0.2, -0.15) is 0 Å². The van der Waals surface area contributed by atoms with E-state index in [9.17, 15) is 9.59 Å². The van der Waals surface area contributed by atoms with Crippen LogP contribution in [0.3, 0.4) is 0 Å². The molecule has 1 aromatic heterocycles. The number of ether oxygens (including phenoxy) is 1. The van der Waals surface area contributed by atoms with Gasteiger partial charge in [-0.1, -0.05) is 29.8 Å². The van der Waals surface area contributed by atoms with Crippen LogP contribution in [0.25, 0.3) is 10.4 Å². The summed E-state index contributed by atoms with van der Waals surface area (Å²) in [6, 6.07) is 17.2. The molecule has 2 amide bonds. The molecule has 5 nitrogen and oxygen atoms in total. The second-order valence-corrected chi connectivity index (χ2v) is 7.88. The first-order valence-corrected chi connectivity index (χ1v) is 9.80. The monoisotopic (exact) mass is 392 g/mol. The van der Waals surface area contributed by atoms with Crippen molar-refractivity contribution in [2.45, 2.75) is 13.5 Å². The fourth-order valence-electron chi connectivity index (χ4n) is 3.12. The highest BCUT2D eigenvalue weighted by molar-refractivity contribution is 7.17. The van der Waals surface area contributed by atoms with Crippen molar-refractivity contribution < 1.29 is 14.3 Å². The number of likely N-dealkylation sites (N-methyl/N-ethyl adjacent to an activating group) is 1. The number of aryl methyl sites for hydroxylation is 1. The van der Waals surface area contributed by atoms with Gasteiger partial charge in [0.1, 0.15) is 12.4 Å². The van der Waals surface area contributed by atoms with Gasteiger partial charge >= 0.3 is 0 Å². The normalized spacial score (nSPS) is 11.8. The fourth-order valence-corrected chi connectivity index (χ4v) is 4.31. The molecule has 1 N–H and O–H groups in total. The van der Waals surface area contributed by atoms with Crippen LogP contribution < -0.4 is 10.1 Å². The van der Waals surface area contributed by atoms with E-state index in [2.05, 4.69) is 5.32 Å². The largest absolute Gasteiger partial charge is 0.488 e. The minimum atomic E-state index is -0.227. The number of nitrogens with one attached hydrogen (secondary N) is 1. The third-order valence-electron chi connectivity index (χ3n) is 4.60. The van der Waals surface area contributed by atoms with Crippen LogP contribution in [0.4, 0.5) is 5.69 Å². The molecule has 2 heterocycles. The van der Waals surface area contributed by atoms with Crippen molar-refractivity contribution in [1.29, 1.82) is 0 Å². The van der Waals surface area contributed by atoms with Gasteiger partial charge in [-0.15, -0.1) is 11.3 Å². The number of hydrogen-bond donors (Lipinski definition) is 1. The van der Waals surface area contributed by atoms with Crippen LogP contribution in [0.1, 0.15) is 20.8 Å². The van der Waals surface area contributed by atoms with Crippen molar-refractivity contribution in [3.8, 4) is 16.2 Å². The zero-order valence-electron chi connectivity index (χ0n) is 15.7. The summed E-state index contributed by atoms with van der Waals surface area (Å²) in [5.41, 5.74) is 3.85. The summed E-state index contributed by atoms with van der Waals surface area (Å²) < 4.78 is 5.76. The van der Waals surface area contributed by atoms with Gasteiger partial charge in [-0.05, 0) is 37.3 Å². The molecule has 0 fully saturated rings. The minimum Gasteiger partial charge on any atom is -0.488 e. The van der Waals surface area contributed by atoms with Crippen molar-refractivity contribution in [3.05, 3.63) is 70.6 Å². The topological polar surface area (TPSA) is 58.6 Å². The van der Waals surface area contributed by atoms with Gasteiger partial charge < -0.3 is 15.0 Å². The second-order valence-electron chi connectivity index (χ2n) is 6.83. The number of fused-ring (bicyclic) bond motifs is 3. The average molecular weight is 392 g/mol. The van der Waals surface area contributed by atoms with Crippen LogP contribution in [0.15, 0.2) is 54.6 Å². The van der Waals surface area contributed by atoms with Crippen molar-refractivity contribution in [2.75, 3.05) is 18.9 Å². The standard InChI is InChI=1S/C22H20N2O3S/c1-14-7-9-16(10-8-14)23-20(25)12-24(2)22(26)19-11-15-13-27-18-6-4-3-5-17(18)21(15)28-19/h3-11H,12-13H2,1-2H3,(H,23,25). The highest BCUT2D eigenvalue weighted by Crippen LogP contribution is 2.42. The molecule has 6 heteroatoms. The quantitative estimate of drug-likeness (QED) is 0.719. The van der Waals surface area contributed by atoms with E-state index in [4.69, 9.17) is 4.74 Å². The summed E-state index contributed by atoms with van der Waals surface area (Å²) in [7, 11) is 1.64. The molecule has 4 rings (SSSR count). The number of hydrogen-bond acceptors (Lipinski definition) is 4. The van der Waals surface area contributed by atoms with Crippen molar-refractivity contribution in [2.24, 2.45) is 0 Å². The van der Waals surface area contributed by atoms with E-state index in [-0.39, 0.29) is 18.4 Å². The zero-order chi connectivity index (χ0) is 19.7. The Bertz CT molecular complexity index is 1040. The molecular formula is C22H20N2O3S. The first kappa shape index (κ1) is 18.3. The number of thiophene rings is 1. The number of carbonyl (C=O) groups excluding carboxylic acids is 2. The van der Waals surface area contributed by atoms with E-state index in [1.807, 2.05) is 61.5 Å². The summed E-state index contributed by atoms with van der Waals surface area (Å²) in [5, 5.41) is 2.82. The lowest BCUT2D eigenvalue weighted by atomic mass is 10.1. The maximum absolute atomic E-state index is 12.8. The molecule has 0 radical (unpaired) electrons. The predicted octanol–water partition coefficient (Wildman–Crippen LogP) is 4.33. The minimum absolute atomic E-state index is 0.0115. The van der Waals surface area contributed by atoms with Crippen molar-refractivity contribution in [1.82, 2.24) is 4.90 Å². The Morgan fingerprint density at radius 3 is 2.68 bits per heavy atom. The first-order valence-electron chi connectivity index (χ1n) is 8.98. The Morgan fingerprint density at radius 2 is 1.89 bits per heavy atom. The SMILES string of the molecule is Cc1ccc(NC(=O)CN(C)C(=O)c2cc3c(s2)-c2ccccc2OC3)cc1. The van der Waals surface area contributed by atoms with Crippen molar-refractivity contribution in [3.63, 3.8) is 0 Å². The van der Waals surface area contributed by atoms with Crippen LogP contribution in [0.2, 0.25) is 0 Å². The maximum atomic E-state index is 12.8. The molecule has 0 spiro atoms. The summed E-state index contributed by atoms with van der Waals surface area (Å²) in [5.74, 6) is 0.437. The molecule has 0 saturated heterocycles. The number of nitrogens with zero attached hydrogens (tertiary/aromatic N) is 1. The molecule has 0 aliphatic carbocycles. The van der Waals surface area contributed by atoms with Gasteiger partial charge in [0.2, 0.25) is 5.91 Å². The molecule has 0 saturated carbocycles. The van der Waals surface area contributed by atoms with Gasteiger partial charge in [0, 0.05) is 28.7 Å². The molecule has 0 atom stereocenters. The van der Waals surface area contributed by atoms with Crippen molar-refractivity contribution >= 4 is 28.8 Å². The van der Waals surface area contributed by atoms with Gasteiger partial charge in [-0.3, -0.25) is 9.59 Å². The number of carbonyl (C=O) groups is 2. The van der Waals surface area contributed by atoms with Gasteiger partial charge in [0.15, 0.2) is 0 Å². The lowest BCUT2D eigenvalue weighted by molar-refractivity contribution is -0.116. The molecule has 2 aromatic carbocycles. The van der Waals surface area contributed by atoms with Crippen LogP contribution in [-0.2, 0) is 11.4 Å². The van der Waals surface area contributed by atoms with Gasteiger partial charge in [0.05, 0.1) is 11.4 Å². The third kappa shape index (κ3) is 3.64. The Kier molecular flexibility index (Phi) is 4.88. The Balaban J connectivity index is 1.45. The summed E-state index contributed by atoms with van der Waals surface area (Å²) in [4.78, 5) is 28.2. The van der Waals surface area contributed by atoms with E-state index in [1.165, 1.54) is 16.2 Å². The molecule has 142 valence electrons. The Hall–Kier alpha value is -3.12. The predicted molar refractivity (Wildman–Crippen MR) is 111 cm³/mol. The number of benzene rings is 2. The van der Waals surface area contributed by atoms with Crippen LogP contribution in [0, 0.1) is 6.92 Å². The molecule has 28 heavy (non-hydrogen) atoms. The third-order valence-corrected chi connectivity index (χ3v) is 5.80. The fraction of sp³-hybridized carbons (Fsp3) is 0.182. The molecule has 0 unspecified atom stereocenters. The summed E-state index contributed by atoms with van der Waals surface area (Å²) in [6.07, 6.45) is 0. The lowest BCUT2D eigenvalue weighted by Gasteiger charge is -2.16. The van der Waals surface area contributed by atoms with Gasteiger partial charge in [0.25, 0.3) is 5.91 Å². The van der Waals surface area contributed by atoms with Crippen LogP contribution in [0.5, 0.6) is 5.75 Å². The van der Waals surface area contributed by atoms with Crippen LogP contribution in [-0.4, -0.2) is 30.3 Å². The van der Waals surface area contributed by atoms with E-state index < -0.39 is 0 Å². The highest BCUT2D eigenvalue weighted by Gasteiger charge is 2.24. The van der Waals surface area contributed by atoms with E-state index >= 15 is 0 Å². The molecule has 1 aliphatic heterocycles. The number of para-hydroxylation sites is 1. The zero-order valence-corrected chi connectivity index (χ0v) is 16.5. The second kappa shape index (κ2) is 7.48. The molecule has 0 bridgehead atoms. The van der Waals surface area contributed by atoms with Gasteiger partial charge in [-0.25, -0.2) is 0 Å². The highest BCUT2D eigenvalue weighted by atomic mass is 32.1.